The highest BCUT2D eigenvalue weighted by molar-refractivity contribution is 7.82. The van der Waals surface area contributed by atoms with Gasteiger partial charge in [-0.05, 0) is 28.6 Å². The fraction of sp³-hybridized carbons (Fsp3) is 0. The average molecular weight is 266 g/mol. The molecular weight excluding hydrogens is 256 g/mol. The smallest absolute Gasteiger partial charge is 0.360 e. The fourth-order valence-corrected chi connectivity index (χ4v) is 1.70. The Morgan fingerprint density at radius 3 is 1.78 bits per heavy atom. The number of para-hydroxylation sites is 2. The second-order valence-corrected chi connectivity index (χ2v) is 4.39. The highest BCUT2D eigenvalue weighted by atomic mass is 32.3. The van der Waals surface area contributed by atoms with E-state index in [1.165, 1.54) is 12.1 Å². The monoisotopic (exact) mass is 266 g/mol. The van der Waals surface area contributed by atoms with Crippen LogP contribution in [0.15, 0.2) is 60.7 Å². The van der Waals surface area contributed by atoms with Crippen molar-refractivity contribution in [2.45, 2.75) is 0 Å². The maximum absolute atomic E-state index is 11.4. The molecule has 0 radical (unpaired) electrons. The number of hydrogen-bond donors (Lipinski definition) is 0. The lowest BCUT2D eigenvalue weighted by atomic mass is 10.3. The van der Waals surface area contributed by atoms with Crippen LogP contribution in [-0.2, 0) is 14.7 Å². The molecule has 0 N–H and O–H groups in total. The predicted octanol–water partition coefficient (Wildman–Crippen LogP) is 2.32. The first-order valence-electron chi connectivity index (χ1n) is 5.06. The largest absolute Gasteiger partial charge is 0.485 e. The van der Waals surface area contributed by atoms with Crippen LogP contribution in [0.5, 0.6) is 11.5 Å². The molecule has 0 atom stereocenters. The van der Waals surface area contributed by atoms with Gasteiger partial charge in [0, 0.05) is 0 Å². The summed E-state index contributed by atoms with van der Waals surface area (Å²) in [5.74, 6) is 0.409. The molecule has 0 spiro atoms. The van der Waals surface area contributed by atoms with Crippen molar-refractivity contribution in [3.63, 3.8) is 0 Å². The van der Waals surface area contributed by atoms with Crippen LogP contribution in [0.4, 0.5) is 0 Å². The molecule has 5 nitrogen and oxygen atoms in total. The molecule has 2 aromatic carbocycles. The zero-order chi connectivity index (χ0) is 12.8. The second kappa shape index (κ2) is 5.52. The van der Waals surface area contributed by atoms with Gasteiger partial charge in [0.1, 0.15) is 5.75 Å². The Labute approximate surface area is 105 Å². The summed E-state index contributed by atoms with van der Waals surface area (Å²) in [6, 6.07) is 16.2. The summed E-state index contributed by atoms with van der Waals surface area (Å²) >= 11 is 0. The van der Waals surface area contributed by atoms with E-state index in [1.807, 2.05) is 0 Å². The second-order valence-electron chi connectivity index (χ2n) is 3.27. The van der Waals surface area contributed by atoms with E-state index in [1.54, 1.807) is 48.5 Å². The Bertz CT molecular complexity index is 580. The van der Waals surface area contributed by atoms with E-state index in [0.717, 1.165) is 0 Å². The van der Waals surface area contributed by atoms with Crippen LogP contribution in [0.1, 0.15) is 0 Å². The van der Waals surface area contributed by atoms with Crippen molar-refractivity contribution in [2.24, 2.45) is 0 Å². The molecule has 2 rings (SSSR count). The number of benzene rings is 2. The Morgan fingerprint density at radius 1 is 0.722 bits per heavy atom. The summed E-state index contributed by atoms with van der Waals surface area (Å²) in [4.78, 5) is 4.63. The van der Waals surface area contributed by atoms with E-state index in [2.05, 4.69) is 13.4 Å². The summed E-state index contributed by atoms with van der Waals surface area (Å²) in [6.07, 6.45) is 0. The predicted molar refractivity (Wildman–Crippen MR) is 64.1 cm³/mol. The maximum atomic E-state index is 11.4. The lowest BCUT2D eigenvalue weighted by Gasteiger charge is -2.06. The fourth-order valence-electron chi connectivity index (χ4n) is 1.16. The molecule has 0 aliphatic rings. The first-order valence-corrected chi connectivity index (χ1v) is 6.40. The Hall–Kier alpha value is -2.05. The Balaban J connectivity index is 1.96. The minimum absolute atomic E-state index is 0.147. The van der Waals surface area contributed by atoms with Crippen LogP contribution in [0.25, 0.3) is 0 Å². The van der Waals surface area contributed by atoms with Gasteiger partial charge in [0.05, 0.1) is 0 Å². The zero-order valence-electron chi connectivity index (χ0n) is 9.22. The first-order chi connectivity index (χ1) is 8.66. The van der Waals surface area contributed by atoms with Crippen molar-refractivity contribution >= 4 is 10.4 Å². The normalized spacial score (nSPS) is 10.9. The molecule has 0 fully saturated rings. The van der Waals surface area contributed by atoms with E-state index in [-0.39, 0.29) is 11.5 Å². The topological polar surface area (TPSA) is 61.8 Å². The lowest BCUT2D eigenvalue weighted by Crippen LogP contribution is -2.15. The number of rotatable bonds is 5. The van der Waals surface area contributed by atoms with E-state index in [9.17, 15) is 8.42 Å². The van der Waals surface area contributed by atoms with Gasteiger partial charge in [0.15, 0.2) is 5.75 Å². The van der Waals surface area contributed by atoms with Gasteiger partial charge in [-0.15, -0.1) is 0 Å². The molecule has 6 heteroatoms. The highest BCUT2D eigenvalue weighted by Gasteiger charge is 2.16. The van der Waals surface area contributed by atoms with Gasteiger partial charge in [0.25, 0.3) is 0 Å². The molecule has 0 amide bonds. The molecule has 0 saturated carbocycles. The summed E-state index contributed by atoms with van der Waals surface area (Å²) in [5.41, 5.74) is 0. The van der Waals surface area contributed by atoms with Crippen LogP contribution in [0.3, 0.4) is 0 Å². The van der Waals surface area contributed by atoms with Gasteiger partial charge in [-0.25, -0.2) is 0 Å². The van der Waals surface area contributed by atoms with Crippen molar-refractivity contribution in [3.8, 4) is 11.5 Å². The van der Waals surface area contributed by atoms with Crippen molar-refractivity contribution in [3.05, 3.63) is 60.7 Å². The van der Waals surface area contributed by atoms with Crippen molar-refractivity contribution in [1.82, 2.24) is 0 Å². The molecule has 0 saturated heterocycles. The first kappa shape index (κ1) is 12.4. The third-order valence-electron chi connectivity index (χ3n) is 1.90. The van der Waals surface area contributed by atoms with Gasteiger partial charge in [-0.2, -0.15) is 8.42 Å². The number of hydrogen-bond acceptors (Lipinski definition) is 5. The van der Waals surface area contributed by atoms with Gasteiger partial charge in [-0.1, -0.05) is 36.4 Å². The maximum Gasteiger partial charge on any atom is 0.485 e. The molecule has 0 aromatic heterocycles. The van der Waals surface area contributed by atoms with Crippen molar-refractivity contribution in [2.75, 3.05) is 0 Å². The third kappa shape index (κ3) is 3.76. The zero-order valence-corrected chi connectivity index (χ0v) is 10.0. The van der Waals surface area contributed by atoms with Gasteiger partial charge in [0.2, 0.25) is 0 Å². The minimum Gasteiger partial charge on any atom is -0.360 e. The average Bonchev–Trinajstić information content (AvgIpc) is 2.38. The Kier molecular flexibility index (Phi) is 3.81. The van der Waals surface area contributed by atoms with E-state index >= 15 is 0 Å². The van der Waals surface area contributed by atoms with Crippen LogP contribution < -0.4 is 9.07 Å². The third-order valence-corrected chi connectivity index (χ3v) is 2.53. The van der Waals surface area contributed by atoms with Gasteiger partial charge < -0.3 is 9.07 Å². The van der Waals surface area contributed by atoms with Crippen molar-refractivity contribution in [1.29, 1.82) is 0 Å². The molecule has 18 heavy (non-hydrogen) atoms. The summed E-state index contributed by atoms with van der Waals surface area (Å²) in [5, 5.41) is 0. The quantitative estimate of drug-likeness (QED) is 0.614. The minimum atomic E-state index is -4.26. The van der Waals surface area contributed by atoms with Crippen molar-refractivity contribution < 1.29 is 21.8 Å². The van der Waals surface area contributed by atoms with E-state index in [4.69, 9.17) is 0 Å². The van der Waals surface area contributed by atoms with E-state index < -0.39 is 10.4 Å². The molecule has 0 aliphatic heterocycles. The lowest BCUT2D eigenvalue weighted by molar-refractivity contribution is -0.101. The van der Waals surface area contributed by atoms with Gasteiger partial charge in [-0.3, -0.25) is 0 Å². The van der Waals surface area contributed by atoms with Crippen LogP contribution in [0, 0.1) is 0 Å². The van der Waals surface area contributed by atoms with Gasteiger partial charge >= 0.3 is 10.4 Å². The molecule has 0 unspecified atom stereocenters. The summed E-state index contributed by atoms with van der Waals surface area (Å²) in [6.45, 7) is 0. The molecule has 0 heterocycles. The molecule has 0 bridgehead atoms. The summed E-state index contributed by atoms with van der Waals surface area (Å²) < 4.78 is 31.7. The van der Waals surface area contributed by atoms with E-state index in [0.29, 0.717) is 0 Å². The highest BCUT2D eigenvalue weighted by Crippen LogP contribution is 2.14. The van der Waals surface area contributed by atoms with Crippen LogP contribution >= 0.6 is 0 Å². The molecule has 0 aliphatic carbocycles. The standard InChI is InChI=1S/C12H10O5S/c13-18(14,16-12-9-5-2-6-10-12)17-15-11-7-3-1-4-8-11/h1-10H. The SMILES string of the molecule is O=S(=O)(OOc1ccccc1)Oc1ccccc1. The summed E-state index contributed by atoms with van der Waals surface area (Å²) in [7, 11) is -4.26. The van der Waals surface area contributed by atoms with Crippen LogP contribution in [-0.4, -0.2) is 8.42 Å². The molecule has 94 valence electrons. The molecule has 2 aromatic rings. The molecular formula is C12H10O5S. The Morgan fingerprint density at radius 2 is 1.22 bits per heavy atom. The van der Waals surface area contributed by atoms with Crippen LogP contribution in [0.2, 0.25) is 0 Å².